The highest BCUT2D eigenvalue weighted by molar-refractivity contribution is 6.31. The molecule has 1 amide bonds. The summed E-state index contributed by atoms with van der Waals surface area (Å²) in [6.45, 7) is 0. The fourth-order valence-corrected chi connectivity index (χ4v) is 2.91. The zero-order valence-corrected chi connectivity index (χ0v) is 11.4. The van der Waals surface area contributed by atoms with Gasteiger partial charge in [0.1, 0.15) is 0 Å². The average molecular weight is 279 g/mol. The first-order chi connectivity index (χ1) is 9.17. The van der Waals surface area contributed by atoms with Crippen LogP contribution in [-0.2, 0) is 17.6 Å². The third-order valence-corrected chi connectivity index (χ3v) is 3.89. The molecule has 3 rings (SSSR count). The number of fused-ring (bicyclic) bond motifs is 3. The van der Waals surface area contributed by atoms with Crippen LogP contribution in [-0.4, -0.2) is 24.2 Å². The lowest BCUT2D eigenvalue weighted by atomic mass is 9.91. The van der Waals surface area contributed by atoms with Gasteiger partial charge in [-0.05, 0) is 43.0 Å². The van der Waals surface area contributed by atoms with Gasteiger partial charge in [0, 0.05) is 27.7 Å². The van der Waals surface area contributed by atoms with Crippen molar-refractivity contribution in [3.8, 4) is 0 Å². The van der Waals surface area contributed by atoms with Gasteiger partial charge in [0.25, 0.3) is 0 Å². The van der Waals surface area contributed by atoms with E-state index in [4.69, 9.17) is 11.6 Å². The number of benzene rings is 1. The topological polar surface area (TPSA) is 54.1 Å². The SMILES string of the molecule is COC(=O)NC1CCc2[nH]c3ccc(Cl)cc3c2C1. The van der Waals surface area contributed by atoms with Crippen molar-refractivity contribution < 1.29 is 9.53 Å². The van der Waals surface area contributed by atoms with Crippen molar-refractivity contribution in [3.63, 3.8) is 0 Å². The number of carbonyl (C=O) groups is 1. The van der Waals surface area contributed by atoms with Crippen molar-refractivity contribution in [1.29, 1.82) is 0 Å². The molecule has 0 radical (unpaired) electrons. The van der Waals surface area contributed by atoms with Crippen molar-refractivity contribution in [2.75, 3.05) is 7.11 Å². The number of methoxy groups -OCH3 is 1. The molecule has 1 atom stereocenters. The van der Waals surface area contributed by atoms with Gasteiger partial charge in [-0.3, -0.25) is 0 Å². The number of ether oxygens (including phenoxy) is 1. The van der Waals surface area contributed by atoms with Crippen LogP contribution >= 0.6 is 11.6 Å². The number of carbonyl (C=O) groups excluding carboxylic acids is 1. The number of hydrogen-bond acceptors (Lipinski definition) is 2. The molecule has 0 spiro atoms. The second-order valence-electron chi connectivity index (χ2n) is 4.85. The van der Waals surface area contributed by atoms with Gasteiger partial charge in [0.15, 0.2) is 0 Å². The number of H-pyrrole nitrogens is 1. The first-order valence-corrected chi connectivity index (χ1v) is 6.68. The molecule has 1 aromatic heterocycles. The highest BCUT2D eigenvalue weighted by Crippen LogP contribution is 2.30. The zero-order chi connectivity index (χ0) is 13.4. The molecule has 2 N–H and O–H groups in total. The van der Waals surface area contributed by atoms with Gasteiger partial charge in [0.05, 0.1) is 7.11 Å². The van der Waals surface area contributed by atoms with E-state index in [0.717, 1.165) is 35.2 Å². The normalized spacial score (nSPS) is 18.1. The summed E-state index contributed by atoms with van der Waals surface area (Å²) in [7, 11) is 1.38. The molecule has 0 bridgehead atoms. The molecule has 0 aliphatic heterocycles. The molecule has 0 saturated carbocycles. The maximum Gasteiger partial charge on any atom is 0.407 e. The number of halogens is 1. The maximum absolute atomic E-state index is 11.3. The Hall–Kier alpha value is -1.68. The van der Waals surface area contributed by atoms with Crippen LogP contribution in [0.25, 0.3) is 10.9 Å². The average Bonchev–Trinajstić information content (AvgIpc) is 2.76. The molecule has 2 aromatic rings. The van der Waals surface area contributed by atoms with E-state index >= 15 is 0 Å². The molecule has 1 aromatic carbocycles. The number of hydrogen-bond donors (Lipinski definition) is 2. The minimum atomic E-state index is -0.369. The van der Waals surface area contributed by atoms with E-state index in [2.05, 4.69) is 15.0 Å². The van der Waals surface area contributed by atoms with Crippen molar-refractivity contribution in [2.45, 2.75) is 25.3 Å². The Morgan fingerprint density at radius 2 is 2.37 bits per heavy atom. The van der Waals surface area contributed by atoms with Crippen LogP contribution in [0.15, 0.2) is 18.2 Å². The summed E-state index contributed by atoms with van der Waals surface area (Å²) >= 11 is 6.06. The smallest absolute Gasteiger partial charge is 0.407 e. The van der Waals surface area contributed by atoms with Gasteiger partial charge in [-0.2, -0.15) is 0 Å². The predicted molar refractivity (Wildman–Crippen MR) is 74.7 cm³/mol. The van der Waals surface area contributed by atoms with Crippen LogP contribution in [0.1, 0.15) is 17.7 Å². The van der Waals surface area contributed by atoms with Gasteiger partial charge in [-0.15, -0.1) is 0 Å². The molecule has 0 saturated heterocycles. The molecule has 1 heterocycles. The quantitative estimate of drug-likeness (QED) is 0.842. The molecule has 19 heavy (non-hydrogen) atoms. The summed E-state index contributed by atoms with van der Waals surface area (Å²) in [4.78, 5) is 14.7. The Labute approximate surface area is 116 Å². The van der Waals surface area contributed by atoms with Crippen molar-refractivity contribution in [3.05, 3.63) is 34.5 Å². The molecule has 4 nitrogen and oxygen atoms in total. The highest BCUT2D eigenvalue weighted by Gasteiger charge is 2.23. The first-order valence-electron chi connectivity index (χ1n) is 6.31. The van der Waals surface area contributed by atoms with E-state index < -0.39 is 0 Å². The number of alkyl carbamates (subject to hydrolysis) is 1. The minimum absolute atomic E-state index is 0.123. The van der Waals surface area contributed by atoms with Crippen molar-refractivity contribution in [2.24, 2.45) is 0 Å². The first kappa shape index (κ1) is 12.4. The summed E-state index contributed by atoms with van der Waals surface area (Å²) in [6.07, 6.45) is 2.29. The Kier molecular flexibility index (Phi) is 3.11. The van der Waals surface area contributed by atoms with Crippen LogP contribution in [0.5, 0.6) is 0 Å². The van der Waals surface area contributed by atoms with Crippen LogP contribution in [0, 0.1) is 0 Å². The number of nitrogens with one attached hydrogen (secondary N) is 2. The zero-order valence-electron chi connectivity index (χ0n) is 10.6. The third kappa shape index (κ3) is 2.28. The van der Waals surface area contributed by atoms with Crippen molar-refractivity contribution in [1.82, 2.24) is 10.3 Å². The van der Waals surface area contributed by atoms with Crippen molar-refractivity contribution >= 4 is 28.6 Å². The Morgan fingerprint density at radius 1 is 1.53 bits per heavy atom. The Bertz CT molecular complexity index is 636. The van der Waals surface area contributed by atoms with Crippen LogP contribution < -0.4 is 5.32 Å². The van der Waals surface area contributed by atoms with Gasteiger partial charge < -0.3 is 15.0 Å². The summed E-state index contributed by atoms with van der Waals surface area (Å²) in [6, 6.07) is 5.99. The largest absolute Gasteiger partial charge is 0.453 e. The maximum atomic E-state index is 11.3. The number of aromatic nitrogens is 1. The highest BCUT2D eigenvalue weighted by atomic mass is 35.5. The standard InChI is InChI=1S/C14H15ClN2O2/c1-19-14(18)16-9-3-5-13-11(7-9)10-6-8(15)2-4-12(10)17-13/h2,4,6,9,17H,3,5,7H2,1H3,(H,16,18). The number of amides is 1. The van der Waals surface area contributed by atoms with E-state index in [9.17, 15) is 4.79 Å². The summed E-state index contributed by atoms with van der Waals surface area (Å²) in [5, 5.41) is 4.76. The summed E-state index contributed by atoms with van der Waals surface area (Å²) < 4.78 is 4.65. The predicted octanol–water partition coefficient (Wildman–Crippen LogP) is 3.03. The van der Waals surface area contributed by atoms with E-state index in [1.807, 2.05) is 18.2 Å². The summed E-state index contributed by atoms with van der Waals surface area (Å²) in [5.74, 6) is 0. The molecule has 5 heteroatoms. The second-order valence-corrected chi connectivity index (χ2v) is 5.28. The molecule has 1 unspecified atom stereocenters. The number of rotatable bonds is 1. The number of aryl methyl sites for hydroxylation is 1. The van der Waals surface area contributed by atoms with E-state index in [0.29, 0.717) is 0 Å². The van der Waals surface area contributed by atoms with Crippen LogP contribution in [0.2, 0.25) is 5.02 Å². The lowest BCUT2D eigenvalue weighted by Crippen LogP contribution is -2.38. The lowest BCUT2D eigenvalue weighted by molar-refractivity contribution is 0.165. The van der Waals surface area contributed by atoms with E-state index in [1.54, 1.807) is 0 Å². The van der Waals surface area contributed by atoms with Gasteiger partial charge in [-0.1, -0.05) is 11.6 Å². The fourth-order valence-electron chi connectivity index (χ4n) is 2.74. The molecular formula is C14H15ClN2O2. The van der Waals surface area contributed by atoms with Gasteiger partial charge >= 0.3 is 6.09 Å². The van der Waals surface area contributed by atoms with Crippen LogP contribution in [0.3, 0.4) is 0 Å². The lowest BCUT2D eigenvalue weighted by Gasteiger charge is -2.22. The fraction of sp³-hybridized carbons (Fsp3) is 0.357. The number of aromatic amines is 1. The Morgan fingerprint density at radius 3 is 3.16 bits per heavy atom. The molecule has 0 fully saturated rings. The minimum Gasteiger partial charge on any atom is -0.453 e. The van der Waals surface area contributed by atoms with Gasteiger partial charge in [-0.25, -0.2) is 4.79 Å². The molecule has 100 valence electrons. The van der Waals surface area contributed by atoms with Crippen LogP contribution in [0.4, 0.5) is 4.79 Å². The van der Waals surface area contributed by atoms with Gasteiger partial charge in [0.2, 0.25) is 0 Å². The molecule has 1 aliphatic carbocycles. The Balaban J connectivity index is 1.92. The summed E-state index contributed by atoms with van der Waals surface area (Å²) in [5.41, 5.74) is 3.61. The monoisotopic (exact) mass is 278 g/mol. The van der Waals surface area contributed by atoms with E-state index in [-0.39, 0.29) is 12.1 Å². The second kappa shape index (κ2) is 4.78. The third-order valence-electron chi connectivity index (χ3n) is 3.66. The van der Waals surface area contributed by atoms with E-state index in [1.165, 1.54) is 18.4 Å². The molecular weight excluding hydrogens is 264 g/mol. The molecule has 1 aliphatic rings.